The first-order chi connectivity index (χ1) is 9.52. The maximum Gasteiger partial charge on any atom is 0.272 e. The van der Waals surface area contributed by atoms with Crippen LogP contribution in [-0.4, -0.2) is 35.4 Å². The Labute approximate surface area is 121 Å². The second kappa shape index (κ2) is 6.25. The number of likely N-dealkylation sites (tertiary alicyclic amines) is 1. The monoisotopic (exact) mass is 275 g/mol. The van der Waals surface area contributed by atoms with Crippen LogP contribution >= 0.6 is 0 Å². The Morgan fingerprint density at radius 1 is 1.35 bits per heavy atom. The minimum absolute atomic E-state index is 0.0609. The van der Waals surface area contributed by atoms with Gasteiger partial charge >= 0.3 is 0 Å². The molecule has 0 bridgehead atoms. The van der Waals surface area contributed by atoms with Crippen molar-refractivity contribution >= 4 is 11.6 Å². The van der Waals surface area contributed by atoms with Crippen LogP contribution in [0.25, 0.3) is 0 Å². The van der Waals surface area contributed by atoms with Crippen molar-refractivity contribution in [2.45, 2.75) is 40.0 Å². The summed E-state index contributed by atoms with van der Waals surface area (Å²) in [5, 5.41) is 3.19. The van der Waals surface area contributed by atoms with Crippen molar-refractivity contribution in [1.82, 2.24) is 9.88 Å². The lowest BCUT2D eigenvalue weighted by Gasteiger charge is -2.23. The third kappa shape index (κ3) is 3.71. The third-order valence-electron chi connectivity index (χ3n) is 3.99. The van der Waals surface area contributed by atoms with Gasteiger partial charge in [0.15, 0.2) is 0 Å². The van der Waals surface area contributed by atoms with E-state index in [2.05, 4.69) is 24.1 Å². The number of rotatable bonds is 3. The lowest BCUT2D eigenvalue weighted by molar-refractivity contribution is 0.0751. The molecule has 1 amide bonds. The molecule has 4 nitrogen and oxygen atoms in total. The number of nitrogens with zero attached hydrogens (tertiary/aromatic N) is 2. The van der Waals surface area contributed by atoms with Gasteiger partial charge in [0, 0.05) is 19.6 Å². The van der Waals surface area contributed by atoms with Crippen LogP contribution in [0.5, 0.6) is 0 Å². The van der Waals surface area contributed by atoms with Crippen LogP contribution in [0.15, 0.2) is 18.3 Å². The molecule has 1 aliphatic heterocycles. The van der Waals surface area contributed by atoms with Crippen molar-refractivity contribution in [2.75, 3.05) is 25.0 Å². The number of aromatic nitrogens is 1. The molecule has 0 radical (unpaired) electrons. The standard InChI is InChI=1S/C16H25N3O/c1-4-17-13-6-7-14(18-12-13)15(20)19-10-5-8-16(2,3)9-11-19/h6-7,12,17H,4-5,8-11H2,1-3H3. The Morgan fingerprint density at radius 3 is 2.80 bits per heavy atom. The van der Waals surface area contributed by atoms with E-state index in [4.69, 9.17) is 0 Å². The molecule has 4 heteroatoms. The van der Waals surface area contributed by atoms with E-state index < -0.39 is 0 Å². The van der Waals surface area contributed by atoms with Crippen molar-refractivity contribution in [3.63, 3.8) is 0 Å². The highest BCUT2D eigenvalue weighted by molar-refractivity contribution is 5.92. The Hall–Kier alpha value is -1.58. The summed E-state index contributed by atoms with van der Waals surface area (Å²) in [5.41, 5.74) is 1.85. The summed E-state index contributed by atoms with van der Waals surface area (Å²) < 4.78 is 0. The fourth-order valence-corrected chi connectivity index (χ4v) is 2.62. The number of carbonyl (C=O) groups is 1. The molecule has 1 aromatic rings. The molecule has 1 saturated heterocycles. The molecular weight excluding hydrogens is 250 g/mol. The van der Waals surface area contributed by atoms with Crippen LogP contribution in [0.4, 0.5) is 5.69 Å². The van der Waals surface area contributed by atoms with Crippen LogP contribution in [0.2, 0.25) is 0 Å². The Balaban J connectivity index is 2.03. The minimum atomic E-state index is 0.0609. The molecule has 0 aliphatic carbocycles. The van der Waals surface area contributed by atoms with Gasteiger partial charge in [-0.3, -0.25) is 4.79 Å². The number of anilines is 1. The highest BCUT2D eigenvalue weighted by Gasteiger charge is 2.26. The fraction of sp³-hybridized carbons (Fsp3) is 0.625. The Bertz CT molecular complexity index is 453. The Morgan fingerprint density at radius 2 is 2.15 bits per heavy atom. The summed E-state index contributed by atoms with van der Waals surface area (Å²) in [6, 6.07) is 3.74. The van der Waals surface area contributed by atoms with E-state index in [1.54, 1.807) is 6.20 Å². The number of hydrogen-bond acceptors (Lipinski definition) is 3. The summed E-state index contributed by atoms with van der Waals surface area (Å²) in [6.45, 7) is 9.14. The quantitative estimate of drug-likeness (QED) is 0.921. The zero-order chi connectivity index (χ0) is 14.6. The van der Waals surface area contributed by atoms with Gasteiger partial charge < -0.3 is 10.2 Å². The first-order valence-corrected chi connectivity index (χ1v) is 7.51. The predicted octanol–water partition coefficient (Wildman–Crippen LogP) is 3.17. The van der Waals surface area contributed by atoms with Crippen molar-refractivity contribution in [2.24, 2.45) is 5.41 Å². The first-order valence-electron chi connectivity index (χ1n) is 7.51. The van der Waals surface area contributed by atoms with Crippen LogP contribution < -0.4 is 5.32 Å². The van der Waals surface area contributed by atoms with Crippen LogP contribution in [0, 0.1) is 5.41 Å². The molecule has 1 fully saturated rings. The van der Waals surface area contributed by atoms with E-state index in [0.29, 0.717) is 11.1 Å². The van der Waals surface area contributed by atoms with Crippen LogP contribution in [0.1, 0.15) is 50.5 Å². The molecule has 0 aromatic carbocycles. The van der Waals surface area contributed by atoms with Gasteiger partial charge in [-0.25, -0.2) is 4.98 Å². The van der Waals surface area contributed by atoms with Crippen molar-refractivity contribution in [3.8, 4) is 0 Å². The number of nitrogens with one attached hydrogen (secondary N) is 1. The van der Waals surface area contributed by atoms with E-state index in [1.807, 2.05) is 24.0 Å². The van der Waals surface area contributed by atoms with Crippen molar-refractivity contribution in [1.29, 1.82) is 0 Å². The molecule has 0 saturated carbocycles. The highest BCUT2D eigenvalue weighted by Crippen LogP contribution is 2.30. The highest BCUT2D eigenvalue weighted by atomic mass is 16.2. The summed E-state index contributed by atoms with van der Waals surface area (Å²) >= 11 is 0. The zero-order valence-electron chi connectivity index (χ0n) is 12.8. The molecule has 1 aliphatic rings. The van der Waals surface area contributed by atoms with Gasteiger partial charge in [0.2, 0.25) is 0 Å². The van der Waals surface area contributed by atoms with E-state index >= 15 is 0 Å². The van der Waals surface area contributed by atoms with Gasteiger partial charge in [-0.2, -0.15) is 0 Å². The largest absolute Gasteiger partial charge is 0.384 e. The lowest BCUT2D eigenvalue weighted by Crippen LogP contribution is -2.32. The molecule has 0 unspecified atom stereocenters. The molecule has 110 valence electrons. The third-order valence-corrected chi connectivity index (χ3v) is 3.99. The zero-order valence-corrected chi connectivity index (χ0v) is 12.8. The van der Waals surface area contributed by atoms with Crippen LogP contribution in [0.3, 0.4) is 0 Å². The molecule has 0 atom stereocenters. The SMILES string of the molecule is CCNc1ccc(C(=O)N2CCCC(C)(C)CC2)nc1. The van der Waals surface area contributed by atoms with Gasteiger partial charge in [-0.05, 0) is 43.7 Å². The molecule has 1 N–H and O–H groups in total. The van der Waals surface area contributed by atoms with Gasteiger partial charge in [0.05, 0.1) is 11.9 Å². The van der Waals surface area contributed by atoms with Gasteiger partial charge in [0.25, 0.3) is 5.91 Å². The van der Waals surface area contributed by atoms with Gasteiger partial charge in [-0.15, -0.1) is 0 Å². The molecule has 2 heterocycles. The summed E-state index contributed by atoms with van der Waals surface area (Å²) in [7, 11) is 0. The van der Waals surface area contributed by atoms with Crippen molar-refractivity contribution < 1.29 is 4.79 Å². The maximum atomic E-state index is 12.5. The summed E-state index contributed by atoms with van der Waals surface area (Å²) in [4.78, 5) is 18.7. The number of amides is 1. The predicted molar refractivity (Wildman–Crippen MR) is 81.9 cm³/mol. The molecule has 0 spiro atoms. The molecule has 2 rings (SSSR count). The number of carbonyl (C=O) groups excluding carboxylic acids is 1. The van der Waals surface area contributed by atoms with Crippen molar-refractivity contribution in [3.05, 3.63) is 24.0 Å². The second-order valence-electron chi connectivity index (χ2n) is 6.27. The van der Waals surface area contributed by atoms with Crippen LogP contribution in [-0.2, 0) is 0 Å². The Kier molecular flexibility index (Phi) is 4.63. The van der Waals surface area contributed by atoms with E-state index in [1.165, 1.54) is 6.42 Å². The van der Waals surface area contributed by atoms with E-state index in [-0.39, 0.29) is 5.91 Å². The number of pyridine rings is 1. The van der Waals surface area contributed by atoms with Gasteiger partial charge in [0.1, 0.15) is 5.69 Å². The molecule has 1 aromatic heterocycles. The average molecular weight is 275 g/mol. The molecule has 20 heavy (non-hydrogen) atoms. The average Bonchev–Trinajstić information content (AvgIpc) is 2.60. The maximum absolute atomic E-state index is 12.5. The second-order valence-corrected chi connectivity index (χ2v) is 6.27. The topological polar surface area (TPSA) is 45.2 Å². The van der Waals surface area contributed by atoms with E-state index in [0.717, 1.165) is 38.2 Å². The number of hydrogen-bond donors (Lipinski definition) is 1. The smallest absolute Gasteiger partial charge is 0.272 e. The summed E-state index contributed by atoms with van der Waals surface area (Å²) in [5.74, 6) is 0.0609. The first kappa shape index (κ1) is 14.8. The molecular formula is C16H25N3O. The lowest BCUT2D eigenvalue weighted by atomic mass is 9.85. The fourth-order valence-electron chi connectivity index (χ4n) is 2.62. The normalized spacial score (nSPS) is 18.4. The summed E-state index contributed by atoms with van der Waals surface area (Å²) in [6.07, 6.45) is 5.06. The minimum Gasteiger partial charge on any atom is -0.384 e. The van der Waals surface area contributed by atoms with Gasteiger partial charge in [-0.1, -0.05) is 13.8 Å². The van der Waals surface area contributed by atoms with E-state index in [9.17, 15) is 4.79 Å².